The minimum absolute atomic E-state index is 0.225. The fourth-order valence-electron chi connectivity index (χ4n) is 1.16. The molecule has 0 saturated carbocycles. The quantitative estimate of drug-likeness (QED) is 0.639. The number of rotatable bonds is 3. The molecule has 5 nitrogen and oxygen atoms in total. The lowest BCUT2D eigenvalue weighted by Gasteiger charge is -2.02. The molecular weight excluding hydrogens is 294 g/mol. The van der Waals surface area contributed by atoms with E-state index in [4.69, 9.17) is 0 Å². The van der Waals surface area contributed by atoms with Gasteiger partial charge in [0.2, 0.25) is 0 Å². The zero-order valence-electron chi connectivity index (χ0n) is 8.38. The molecule has 0 radical (unpaired) electrons. The number of imidazole rings is 1. The standard InChI is InChI=1S/C9H8BrN3O2S/c1-15-7(14)5-16-9-8-11-2-3-13(8)4-6(10)12-9/h2-4H,5H2,1H3. The van der Waals surface area contributed by atoms with Crippen molar-refractivity contribution in [1.29, 1.82) is 0 Å². The Morgan fingerprint density at radius 2 is 2.50 bits per heavy atom. The summed E-state index contributed by atoms with van der Waals surface area (Å²) in [6.45, 7) is 0. The first kappa shape index (κ1) is 11.4. The first-order chi connectivity index (χ1) is 7.70. The van der Waals surface area contributed by atoms with Crippen molar-refractivity contribution in [3.05, 3.63) is 23.2 Å². The third-order valence-electron chi connectivity index (χ3n) is 1.87. The van der Waals surface area contributed by atoms with Crippen LogP contribution in [0.2, 0.25) is 0 Å². The van der Waals surface area contributed by atoms with Gasteiger partial charge in [-0.2, -0.15) is 0 Å². The van der Waals surface area contributed by atoms with Crippen molar-refractivity contribution < 1.29 is 9.53 Å². The molecule has 0 N–H and O–H groups in total. The van der Waals surface area contributed by atoms with Crippen LogP contribution in [-0.2, 0) is 9.53 Å². The number of aromatic nitrogens is 3. The molecule has 0 aliphatic carbocycles. The number of hydrogen-bond acceptors (Lipinski definition) is 5. The molecule has 0 unspecified atom stereocenters. The van der Waals surface area contributed by atoms with Gasteiger partial charge in [-0.1, -0.05) is 11.8 Å². The topological polar surface area (TPSA) is 56.5 Å². The van der Waals surface area contributed by atoms with Crippen molar-refractivity contribution >= 4 is 39.3 Å². The number of ether oxygens (including phenoxy) is 1. The summed E-state index contributed by atoms with van der Waals surface area (Å²) in [7, 11) is 1.36. The Morgan fingerprint density at radius 1 is 1.69 bits per heavy atom. The molecule has 2 aromatic heterocycles. The second-order valence-corrected chi connectivity index (χ2v) is 4.67. The van der Waals surface area contributed by atoms with E-state index in [1.807, 2.05) is 16.8 Å². The minimum atomic E-state index is -0.281. The van der Waals surface area contributed by atoms with Crippen LogP contribution in [0.1, 0.15) is 0 Å². The van der Waals surface area contributed by atoms with Crippen molar-refractivity contribution in [2.75, 3.05) is 12.9 Å². The highest BCUT2D eigenvalue weighted by Crippen LogP contribution is 2.22. The van der Waals surface area contributed by atoms with E-state index in [9.17, 15) is 4.79 Å². The number of methoxy groups -OCH3 is 1. The summed E-state index contributed by atoms with van der Waals surface area (Å²) in [5.41, 5.74) is 0.733. The maximum atomic E-state index is 11.0. The van der Waals surface area contributed by atoms with Gasteiger partial charge in [0.05, 0.1) is 12.9 Å². The maximum Gasteiger partial charge on any atom is 0.316 e. The molecule has 7 heteroatoms. The predicted molar refractivity (Wildman–Crippen MR) is 63.4 cm³/mol. The average molecular weight is 302 g/mol. The number of halogens is 1. The largest absolute Gasteiger partial charge is 0.468 e. The van der Waals surface area contributed by atoms with Crippen LogP contribution in [-0.4, -0.2) is 33.2 Å². The molecule has 2 aromatic rings. The fraction of sp³-hybridized carbons (Fsp3) is 0.222. The van der Waals surface area contributed by atoms with Crippen molar-refractivity contribution in [3.8, 4) is 0 Å². The zero-order chi connectivity index (χ0) is 11.5. The van der Waals surface area contributed by atoms with Crippen LogP contribution in [0.3, 0.4) is 0 Å². The van der Waals surface area contributed by atoms with E-state index in [1.165, 1.54) is 18.9 Å². The maximum absolute atomic E-state index is 11.0. The van der Waals surface area contributed by atoms with Gasteiger partial charge in [-0.3, -0.25) is 4.79 Å². The Labute approximate surface area is 104 Å². The highest BCUT2D eigenvalue weighted by molar-refractivity contribution is 9.10. The van der Waals surface area contributed by atoms with E-state index >= 15 is 0 Å². The first-order valence-electron chi connectivity index (χ1n) is 4.39. The number of esters is 1. The van der Waals surface area contributed by atoms with Gasteiger partial charge in [0.25, 0.3) is 0 Å². The van der Waals surface area contributed by atoms with E-state index in [1.54, 1.807) is 6.20 Å². The number of nitrogens with zero attached hydrogens (tertiary/aromatic N) is 3. The summed E-state index contributed by atoms with van der Waals surface area (Å²) in [4.78, 5) is 19.5. The van der Waals surface area contributed by atoms with Crippen molar-refractivity contribution in [2.45, 2.75) is 5.03 Å². The smallest absolute Gasteiger partial charge is 0.316 e. The van der Waals surface area contributed by atoms with E-state index in [0.717, 1.165) is 5.65 Å². The van der Waals surface area contributed by atoms with Crippen molar-refractivity contribution in [1.82, 2.24) is 14.4 Å². The van der Waals surface area contributed by atoms with E-state index in [2.05, 4.69) is 30.6 Å². The molecular formula is C9H8BrN3O2S. The highest BCUT2D eigenvalue weighted by atomic mass is 79.9. The highest BCUT2D eigenvalue weighted by Gasteiger charge is 2.09. The van der Waals surface area contributed by atoms with Gasteiger partial charge in [-0.15, -0.1) is 0 Å². The Bertz CT molecular complexity index is 528. The third kappa shape index (κ3) is 2.35. The summed E-state index contributed by atoms with van der Waals surface area (Å²) in [6, 6.07) is 0. The lowest BCUT2D eigenvalue weighted by atomic mass is 10.7. The number of thioether (sulfide) groups is 1. The Morgan fingerprint density at radius 3 is 3.25 bits per heavy atom. The number of fused-ring (bicyclic) bond motifs is 1. The van der Waals surface area contributed by atoms with E-state index in [0.29, 0.717) is 9.63 Å². The monoisotopic (exact) mass is 301 g/mol. The first-order valence-corrected chi connectivity index (χ1v) is 6.17. The van der Waals surface area contributed by atoms with Gasteiger partial charge in [0.15, 0.2) is 5.65 Å². The molecule has 16 heavy (non-hydrogen) atoms. The number of carbonyl (C=O) groups is 1. The lowest BCUT2D eigenvalue weighted by Crippen LogP contribution is -2.04. The Hall–Kier alpha value is -1.08. The Kier molecular flexibility index (Phi) is 3.45. The van der Waals surface area contributed by atoms with E-state index < -0.39 is 0 Å². The van der Waals surface area contributed by atoms with Gasteiger partial charge >= 0.3 is 5.97 Å². The van der Waals surface area contributed by atoms with Crippen LogP contribution in [0.15, 0.2) is 28.2 Å². The molecule has 0 fully saturated rings. The lowest BCUT2D eigenvalue weighted by molar-refractivity contribution is -0.137. The number of carbonyl (C=O) groups excluding carboxylic acids is 1. The van der Waals surface area contributed by atoms with Crippen molar-refractivity contribution in [3.63, 3.8) is 0 Å². The summed E-state index contributed by atoms with van der Waals surface area (Å²) < 4.78 is 7.11. The molecule has 84 valence electrons. The summed E-state index contributed by atoms with van der Waals surface area (Å²) in [6.07, 6.45) is 5.32. The fourth-order valence-corrected chi connectivity index (χ4v) is 2.49. The van der Waals surface area contributed by atoms with Gasteiger partial charge in [0.1, 0.15) is 9.63 Å². The molecule has 2 heterocycles. The van der Waals surface area contributed by atoms with Gasteiger partial charge in [-0.05, 0) is 15.9 Å². The van der Waals surface area contributed by atoms with Crippen molar-refractivity contribution in [2.24, 2.45) is 0 Å². The molecule has 0 atom stereocenters. The third-order valence-corrected chi connectivity index (χ3v) is 3.18. The van der Waals surface area contributed by atoms with Gasteiger partial charge in [-0.25, -0.2) is 9.97 Å². The predicted octanol–water partition coefficient (Wildman–Crippen LogP) is 1.76. The summed E-state index contributed by atoms with van der Waals surface area (Å²) in [5.74, 6) is -0.0564. The molecule has 0 spiro atoms. The molecule has 0 aliphatic heterocycles. The molecule has 0 saturated heterocycles. The average Bonchev–Trinajstić information content (AvgIpc) is 2.73. The summed E-state index contributed by atoms with van der Waals surface area (Å²) >= 11 is 4.61. The Balaban J connectivity index is 2.28. The van der Waals surface area contributed by atoms with Crippen LogP contribution < -0.4 is 0 Å². The van der Waals surface area contributed by atoms with Crippen LogP contribution >= 0.6 is 27.7 Å². The molecule has 0 aromatic carbocycles. The van der Waals surface area contributed by atoms with Crippen LogP contribution in [0.25, 0.3) is 5.65 Å². The van der Waals surface area contributed by atoms with Gasteiger partial charge in [0, 0.05) is 18.6 Å². The SMILES string of the molecule is COC(=O)CSc1nc(Br)cn2ccnc12. The zero-order valence-corrected chi connectivity index (χ0v) is 10.8. The molecule has 0 aliphatic rings. The minimum Gasteiger partial charge on any atom is -0.468 e. The second kappa shape index (κ2) is 4.84. The van der Waals surface area contributed by atoms with Crippen LogP contribution in [0.5, 0.6) is 0 Å². The van der Waals surface area contributed by atoms with E-state index in [-0.39, 0.29) is 11.7 Å². The van der Waals surface area contributed by atoms with Crippen LogP contribution in [0.4, 0.5) is 0 Å². The normalized spacial score (nSPS) is 10.6. The molecule has 0 amide bonds. The molecule has 2 rings (SSSR count). The van der Waals surface area contributed by atoms with Gasteiger partial charge < -0.3 is 9.14 Å². The van der Waals surface area contributed by atoms with Crippen LogP contribution in [0, 0.1) is 0 Å². The molecule has 0 bridgehead atoms. The number of hydrogen-bond donors (Lipinski definition) is 0. The second-order valence-electron chi connectivity index (χ2n) is 2.89. The summed E-state index contributed by atoms with van der Waals surface area (Å²) in [5, 5.41) is 0.699.